The molecule has 0 aromatic carbocycles. The van der Waals surface area contributed by atoms with Crippen LogP contribution in [0.15, 0.2) is 24.0 Å². The molecule has 0 aliphatic carbocycles. The Kier molecular flexibility index (Phi) is 7.48. The van der Waals surface area contributed by atoms with Crippen molar-refractivity contribution in [2.75, 3.05) is 20.3 Å². The highest BCUT2D eigenvalue weighted by Gasteiger charge is 2.45. The lowest BCUT2D eigenvalue weighted by Crippen LogP contribution is -2.40. The van der Waals surface area contributed by atoms with Crippen LogP contribution in [0.3, 0.4) is 0 Å². The highest BCUT2D eigenvalue weighted by atomic mass is 16.6. The number of hydrogen-bond acceptors (Lipinski definition) is 9. The van der Waals surface area contributed by atoms with E-state index in [2.05, 4.69) is 4.74 Å². The van der Waals surface area contributed by atoms with Crippen molar-refractivity contribution in [1.29, 1.82) is 0 Å². The summed E-state index contributed by atoms with van der Waals surface area (Å²) in [5.74, 6) is -2.31. The molecule has 0 spiro atoms. The topological polar surface area (TPSA) is 143 Å². The number of ether oxygens (including phenoxy) is 3. The predicted octanol–water partition coefficient (Wildman–Crippen LogP) is -0.984. The molecule has 1 unspecified atom stereocenters. The molecule has 3 N–H and O–H groups in total. The van der Waals surface area contributed by atoms with Gasteiger partial charge in [0.15, 0.2) is 6.23 Å². The molecule has 2 rings (SSSR count). The number of nitrogens with zero attached hydrogens (tertiary/aromatic N) is 1. The van der Waals surface area contributed by atoms with E-state index >= 15 is 0 Å². The minimum atomic E-state index is -1.29. The number of hydrogen-bond donors (Lipinski definition) is 3. The van der Waals surface area contributed by atoms with E-state index in [4.69, 9.17) is 14.6 Å². The van der Waals surface area contributed by atoms with Crippen molar-refractivity contribution >= 4 is 18.2 Å². The first-order chi connectivity index (χ1) is 12.9. The monoisotopic (exact) mass is 385 g/mol. The summed E-state index contributed by atoms with van der Waals surface area (Å²) in [5.41, 5.74) is 0.124. The van der Waals surface area contributed by atoms with Gasteiger partial charge in [-0.1, -0.05) is 6.08 Å². The molecule has 0 aromatic rings. The van der Waals surface area contributed by atoms with Crippen LogP contribution in [0.4, 0.5) is 0 Å². The van der Waals surface area contributed by atoms with Crippen LogP contribution in [0.2, 0.25) is 0 Å². The number of methoxy groups -OCH3 is 1. The van der Waals surface area contributed by atoms with E-state index in [1.54, 1.807) is 12.3 Å². The molecule has 0 saturated carbocycles. The molecule has 150 valence electrons. The molecular formula is C17H23NO9. The molecule has 2 aliphatic rings. The Balaban J connectivity index is 1.90. The summed E-state index contributed by atoms with van der Waals surface area (Å²) in [4.78, 5) is 34.6. The van der Waals surface area contributed by atoms with Crippen molar-refractivity contribution in [2.24, 2.45) is 5.92 Å². The Bertz CT molecular complexity index is 618. The van der Waals surface area contributed by atoms with Crippen LogP contribution in [0.25, 0.3) is 0 Å². The molecule has 0 bridgehead atoms. The van der Waals surface area contributed by atoms with Crippen molar-refractivity contribution in [3.8, 4) is 0 Å². The number of rotatable bonds is 9. The van der Waals surface area contributed by atoms with Crippen LogP contribution in [-0.2, 0) is 28.6 Å². The largest absolute Gasteiger partial charge is 0.478 e. The minimum Gasteiger partial charge on any atom is -0.478 e. The van der Waals surface area contributed by atoms with E-state index in [0.717, 1.165) is 0 Å². The number of allylic oxidation sites excluding steroid dienone is 1. The van der Waals surface area contributed by atoms with Gasteiger partial charge in [-0.25, -0.2) is 4.79 Å². The number of carboxylic acid groups (broad SMARTS) is 1. The van der Waals surface area contributed by atoms with Gasteiger partial charge in [0, 0.05) is 24.7 Å². The van der Waals surface area contributed by atoms with Crippen molar-refractivity contribution < 1.29 is 43.9 Å². The Morgan fingerprint density at radius 2 is 2.15 bits per heavy atom. The van der Waals surface area contributed by atoms with Gasteiger partial charge < -0.3 is 39.2 Å². The van der Waals surface area contributed by atoms with Gasteiger partial charge >= 0.3 is 11.9 Å². The van der Waals surface area contributed by atoms with Crippen LogP contribution in [0.1, 0.15) is 12.8 Å². The number of esters is 1. The van der Waals surface area contributed by atoms with Gasteiger partial charge in [-0.2, -0.15) is 0 Å². The number of aliphatic hydroxyl groups is 2. The van der Waals surface area contributed by atoms with Gasteiger partial charge in [0.2, 0.25) is 0 Å². The molecule has 2 aliphatic heterocycles. The predicted molar refractivity (Wildman–Crippen MR) is 89.0 cm³/mol. The smallest absolute Gasteiger partial charge is 0.333 e. The molecular weight excluding hydrogens is 362 g/mol. The summed E-state index contributed by atoms with van der Waals surface area (Å²) in [6.45, 7) is -0.189. The fraction of sp³-hybridized carbons (Fsp3) is 0.588. The second-order valence-corrected chi connectivity index (χ2v) is 6.26. The first kappa shape index (κ1) is 21.0. The number of aldehydes is 1. The zero-order chi connectivity index (χ0) is 20.0. The Labute approximate surface area is 155 Å². The third-order valence-electron chi connectivity index (χ3n) is 4.29. The average Bonchev–Trinajstić information content (AvgIpc) is 2.95. The fourth-order valence-corrected chi connectivity index (χ4v) is 2.77. The summed E-state index contributed by atoms with van der Waals surface area (Å²) < 4.78 is 15.4. The molecule has 27 heavy (non-hydrogen) atoms. The number of carboxylic acids is 1. The van der Waals surface area contributed by atoms with E-state index in [1.165, 1.54) is 18.2 Å². The first-order valence-electron chi connectivity index (χ1n) is 8.37. The SMILES string of the molecule is COC(=O)CC(C=O)COC[C@H]1O[C@@H](N2C=CCC(C(=O)O)=C2)[C@H](O)[C@@H]1O. The van der Waals surface area contributed by atoms with Gasteiger partial charge in [-0.05, 0) is 0 Å². The van der Waals surface area contributed by atoms with Crippen LogP contribution in [-0.4, -0.2) is 83.3 Å². The van der Waals surface area contributed by atoms with Crippen LogP contribution < -0.4 is 0 Å². The summed E-state index contributed by atoms with van der Waals surface area (Å²) in [6.07, 6.45) is 0.808. The molecule has 1 fully saturated rings. The van der Waals surface area contributed by atoms with E-state index in [0.29, 0.717) is 6.29 Å². The van der Waals surface area contributed by atoms with Crippen molar-refractivity contribution in [2.45, 2.75) is 37.4 Å². The molecule has 1 saturated heterocycles. The van der Waals surface area contributed by atoms with Gasteiger partial charge in [0.25, 0.3) is 0 Å². The highest BCUT2D eigenvalue weighted by molar-refractivity contribution is 5.87. The van der Waals surface area contributed by atoms with Crippen molar-refractivity contribution in [3.63, 3.8) is 0 Å². The van der Waals surface area contributed by atoms with Crippen LogP contribution in [0, 0.1) is 5.92 Å². The van der Waals surface area contributed by atoms with Gasteiger partial charge in [-0.3, -0.25) is 4.79 Å². The van der Waals surface area contributed by atoms with E-state index in [-0.39, 0.29) is 31.6 Å². The number of aliphatic carboxylic acids is 1. The zero-order valence-electron chi connectivity index (χ0n) is 14.8. The quantitative estimate of drug-likeness (QED) is 0.334. The van der Waals surface area contributed by atoms with Gasteiger partial charge in [0.1, 0.15) is 24.6 Å². The van der Waals surface area contributed by atoms with E-state index < -0.39 is 42.4 Å². The second kappa shape index (κ2) is 9.60. The minimum absolute atomic E-state index is 0.0708. The summed E-state index contributed by atoms with van der Waals surface area (Å²) in [7, 11) is 1.22. The fourth-order valence-electron chi connectivity index (χ4n) is 2.77. The molecule has 5 atom stereocenters. The lowest BCUT2D eigenvalue weighted by atomic mass is 10.1. The third kappa shape index (κ3) is 5.36. The van der Waals surface area contributed by atoms with Crippen molar-refractivity contribution in [1.82, 2.24) is 4.90 Å². The van der Waals surface area contributed by atoms with Crippen LogP contribution >= 0.6 is 0 Å². The number of carbonyl (C=O) groups excluding carboxylic acids is 2. The van der Waals surface area contributed by atoms with Crippen LogP contribution in [0.5, 0.6) is 0 Å². The number of carbonyl (C=O) groups is 3. The zero-order valence-corrected chi connectivity index (χ0v) is 14.8. The summed E-state index contributed by atoms with van der Waals surface area (Å²) in [6, 6.07) is 0. The average molecular weight is 385 g/mol. The molecule has 10 heteroatoms. The Hall–Kier alpha value is -2.27. The maximum Gasteiger partial charge on any atom is 0.333 e. The number of aliphatic hydroxyl groups excluding tert-OH is 2. The third-order valence-corrected chi connectivity index (χ3v) is 4.29. The molecule has 0 radical (unpaired) electrons. The lowest BCUT2D eigenvalue weighted by molar-refractivity contribution is -0.143. The maximum atomic E-state index is 11.2. The summed E-state index contributed by atoms with van der Waals surface area (Å²) in [5, 5.41) is 29.4. The Morgan fingerprint density at radius 1 is 1.41 bits per heavy atom. The maximum absolute atomic E-state index is 11.2. The van der Waals surface area contributed by atoms with E-state index in [1.807, 2.05) is 0 Å². The van der Waals surface area contributed by atoms with Gasteiger partial charge in [-0.15, -0.1) is 0 Å². The Morgan fingerprint density at radius 3 is 2.78 bits per heavy atom. The van der Waals surface area contributed by atoms with Crippen molar-refractivity contribution in [3.05, 3.63) is 24.0 Å². The molecule has 10 nitrogen and oxygen atoms in total. The highest BCUT2D eigenvalue weighted by Crippen LogP contribution is 2.27. The lowest BCUT2D eigenvalue weighted by Gasteiger charge is -2.28. The molecule has 0 amide bonds. The van der Waals surface area contributed by atoms with E-state index in [9.17, 15) is 24.6 Å². The second-order valence-electron chi connectivity index (χ2n) is 6.26. The molecule has 0 aromatic heterocycles. The first-order valence-corrected chi connectivity index (χ1v) is 8.37. The molecule has 2 heterocycles. The van der Waals surface area contributed by atoms with Gasteiger partial charge in [0.05, 0.1) is 32.3 Å². The standard InChI is InChI=1S/C17H23NO9/c1-25-13(20)5-10(7-19)8-26-9-12-14(21)15(22)16(27-12)18-4-2-3-11(6-18)17(23)24/h2,4,6-7,10,12,14-16,21-22H,3,5,8-9H2,1H3,(H,23,24)/t10?,12-,14-,15-,16-/m1/s1. The summed E-state index contributed by atoms with van der Waals surface area (Å²) >= 11 is 0. The normalized spacial score (nSPS) is 28.6.